The lowest BCUT2D eigenvalue weighted by molar-refractivity contribution is 0.507. The van der Waals surface area contributed by atoms with Crippen LogP contribution in [0, 0.1) is 13.8 Å². The van der Waals surface area contributed by atoms with Crippen LogP contribution in [-0.2, 0) is 16.4 Å². The van der Waals surface area contributed by atoms with Gasteiger partial charge >= 0.3 is 0 Å². The second kappa shape index (κ2) is 5.86. The minimum absolute atomic E-state index is 0.128. The van der Waals surface area contributed by atoms with Gasteiger partial charge in [0, 0.05) is 6.04 Å². The third kappa shape index (κ3) is 2.94. The van der Waals surface area contributed by atoms with Crippen LogP contribution in [0.3, 0.4) is 0 Å². The van der Waals surface area contributed by atoms with Crippen molar-refractivity contribution in [1.82, 2.24) is 4.72 Å². The summed E-state index contributed by atoms with van der Waals surface area (Å²) in [4.78, 5) is 0.346. The number of fused-ring (bicyclic) bond motifs is 1. The molecule has 0 saturated heterocycles. The monoisotopic (exact) mass is 315 g/mol. The molecule has 0 radical (unpaired) electrons. The summed E-state index contributed by atoms with van der Waals surface area (Å²) in [6.07, 6.45) is 2.89. The van der Waals surface area contributed by atoms with E-state index in [9.17, 15) is 8.42 Å². The van der Waals surface area contributed by atoms with E-state index in [2.05, 4.69) is 10.8 Å². The molecule has 0 heterocycles. The highest BCUT2D eigenvalue weighted by Gasteiger charge is 2.25. The van der Waals surface area contributed by atoms with Gasteiger partial charge in [-0.15, -0.1) is 0 Å². The van der Waals surface area contributed by atoms with E-state index in [4.69, 9.17) is 0 Å². The van der Waals surface area contributed by atoms with Gasteiger partial charge in [0.15, 0.2) is 0 Å². The summed E-state index contributed by atoms with van der Waals surface area (Å²) in [7, 11) is -3.49. The molecule has 4 heteroatoms. The van der Waals surface area contributed by atoms with Crippen molar-refractivity contribution in [2.24, 2.45) is 0 Å². The highest BCUT2D eigenvalue weighted by molar-refractivity contribution is 7.89. The molecule has 0 aromatic heterocycles. The van der Waals surface area contributed by atoms with E-state index >= 15 is 0 Å². The Bertz CT molecular complexity index is 796. The highest BCUT2D eigenvalue weighted by atomic mass is 32.2. The molecular formula is C18H21NO2S. The summed E-state index contributed by atoms with van der Waals surface area (Å²) in [5, 5.41) is 0. The molecule has 0 aliphatic heterocycles. The molecule has 2 aromatic rings. The van der Waals surface area contributed by atoms with Gasteiger partial charge in [0.25, 0.3) is 0 Å². The number of rotatable bonds is 3. The number of benzene rings is 2. The topological polar surface area (TPSA) is 46.2 Å². The maximum Gasteiger partial charge on any atom is 0.241 e. The van der Waals surface area contributed by atoms with Gasteiger partial charge in [0.05, 0.1) is 4.90 Å². The van der Waals surface area contributed by atoms with Crippen molar-refractivity contribution in [1.29, 1.82) is 0 Å². The molecule has 0 amide bonds. The molecule has 0 spiro atoms. The van der Waals surface area contributed by atoms with Crippen LogP contribution >= 0.6 is 0 Å². The van der Waals surface area contributed by atoms with Crippen molar-refractivity contribution in [3.8, 4) is 0 Å². The second-order valence-corrected chi connectivity index (χ2v) is 7.72. The number of hydrogen-bond donors (Lipinski definition) is 1. The normalized spacial score (nSPS) is 18.0. The summed E-state index contributed by atoms with van der Waals surface area (Å²) in [5.41, 5.74) is 4.46. The Kier molecular flexibility index (Phi) is 4.06. The zero-order chi connectivity index (χ0) is 15.7. The second-order valence-electron chi connectivity index (χ2n) is 6.01. The summed E-state index contributed by atoms with van der Waals surface area (Å²) in [6, 6.07) is 13.3. The molecule has 1 atom stereocenters. The molecular weight excluding hydrogens is 294 g/mol. The van der Waals surface area contributed by atoms with E-state index in [1.165, 1.54) is 5.56 Å². The van der Waals surface area contributed by atoms with Crippen LogP contribution in [0.2, 0.25) is 0 Å². The van der Waals surface area contributed by atoms with Gasteiger partial charge in [-0.1, -0.05) is 30.3 Å². The minimum Gasteiger partial charge on any atom is -0.207 e. The maximum atomic E-state index is 12.7. The number of sulfonamides is 1. The summed E-state index contributed by atoms with van der Waals surface area (Å²) in [6.45, 7) is 3.92. The van der Waals surface area contributed by atoms with Crippen molar-refractivity contribution in [2.45, 2.75) is 44.0 Å². The van der Waals surface area contributed by atoms with Crippen LogP contribution in [0.4, 0.5) is 0 Å². The maximum absolute atomic E-state index is 12.7. The predicted molar refractivity (Wildman–Crippen MR) is 88.4 cm³/mol. The standard InChI is InChI=1S/C18H21NO2S/c1-13-10-11-16(12-14(13)2)22(20,21)19-18-9-5-7-15-6-3-4-8-17(15)18/h3-4,6,8,10-12,18-19H,5,7,9H2,1-2H3/t18-/m0/s1. The van der Waals surface area contributed by atoms with E-state index in [1.807, 2.05) is 38.1 Å². The fourth-order valence-electron chi connectivity index (χ4n) is 3.01. The Hall–Kier alpha value is -1.65. The Labute approximate surface area is 132 Å². The average Bonchev–Trinajstić information content (AvgIpc) is 2.50. The first-order valence-corrected chi connectivity index (χ1v) is 9.13. The highest BCUT2D eigenvalue weighted by Crippen LogP contribution is 2.31. The van der Waals surface area contributed by atoms with Gasteiger partial charge in [-0.05, 0) is 67.5 Å². The van der Waals surface area contributed by atoms with E-state index < -0.39 is 10.0 Å². The molecule has 2 aromatic carbocycles. The quantitative estimate of drug-likeness (QED) is 0.939. The molecule has 0 unspecified atom stereocenters. The fraction of sp³-hybridized carbons (Fsp3) is 0.333. The Morgan fingerprint density at radius 2 is 1.82 bits per heavy atom. The third-order valence-electron chi connectivity index (χ3n) is 4.46. The molecule has 116 valence electrons. The largest absolute Gasteiger partial charge is 0.241 e. The van der Waals surface area contributed by atoms with Crippen LogP contribution in [0.25, 0.3) is 0 Å². The van der Waals surface area contributed by atoms with Gasteiger partial charge < -0.3 is 0 Å². The first kappa shape index (κ1) is 15.3. The van der Waals surface area contributed by atoms with Crippen molar-refractivity contribution >= 4 is 10.0 Å². The molecule has 22 heavy (non-hydrogen) atoms. The summed E-state index contributed by atoms with van der Waals surface area (Å²) >= 11 is 0. The number of nitrogens with one attached hydrogen (secondary N) is 1. The summed E-state index contributed by atoms with van der Waals surface area (Å²) < 4.78 is 28.2. The van der Waals surface area contributed by atoms with E-state index in [1.54, 1.807) is 12.1 Å². The zero-order valence-electron chi connectivity index (χ0n) is 13.0. The Morgan fingerprint density at radius 3 is 2.59 bits per heavy atom. The minimum atomic E-state index is -3.49. The summed E-state index contributed by atoms with van der Waals surface area (Å²) in [5.74, 6) is 0. The predicted octanol–water partition coefficient (Wildman–Crippen LogP) is 3.66. The molecule has 3 rings (SSSR count). The number of hydrogen-bond acceptors (Lipinski definition) is 2. The first-order valence-electron chi connectivity index (χ1n) is 7.65. The van der Waals surface area contributed by atoms with Crippen LogP contribution in [0.1, 0.15) is 41.1 Å². The van der Waals surface area contributed by atoms with Crippen LogP contribution in [0.15, 0.2) is 47.4 Å². The Balaban J connectivity index is 1.91. The van der Waals surface area contributed by atoms with Gasteiger partial charge in [-0.2, -0.15) is 0 Å². The molecule has 0 fully saturated rings. The SMILES string of the molecule is Cc1ccc(S(=O)(=O)N[C@H]2CCCc3ccccc32)cc1C. The van der Waals surface area contributed by atoms with Gasteiger partial charge in [0.2, 0.25) is 10.0 Å². The van der Waals surface area contributed by atoms with E-state index in [0.29, 0.717) is 4.90 Å². The lowest BCUT2D eigenvalue weighted by atomic mass is 9.88. The van der Waals surface area contributed by atoms with E-state index in [-0.39, 0.29) is 6.04 Å². The number of aryl methyl sites for hydroxylation is 3. The average molecular weight is 315 g/mol. The molecule has 1 N–H and O–H groups in total. The van der Waals surface area contributed by atoms with Gasteiger partial charge in [-0.25, -0.2) is 13.1 Å². The Morgan fingerprint density at radius 1 is 1.05 bits per heavy atom. The van der Waals surface area contributed by atoms with Crippen molar-refractivity contribution in [2.75, 3.05) is 0 Å². The van der Waals surface area contributed by atoms with Crippen molar-refractivity contribution in [3.63, 3.8) is 0 Å². The van der Waals surface area contributed by atoms with Crippen molar-refractivity contribution in [3.05, 3.63) is 64.7 Å². The lowest BCUT2D eigenvalue weighted by Gasteiger charge is -2.26. The lowest BCUT2D eigenvalue weighted by Crippen LogP contribution is -2.31. The molecule has 0 saturated carbocycles. The fourth-order valence-corrected chi connectivity index (χ4v) is 4.35. The van der Waals surface area contributed by atoms with Gasteiger partial charge in [-0.3, -0.25) is 0 Å². The van der Waals surface area contributed by atoms with Gasteiger partial charge in [0.1, 0.15) is 0 Å². The van der Waals surface area contributed by atoms with Crippen LogP contribution in [0.5, 0.6) is 0 Å². The molecule has 0 bridgehead atoms. The molecule has 1 aliphatic carbocycles. The smallest absolute Gasteiger partial charge is 0.207 e. The van der Waals surface area contributed by atoms with Crippen molar-refractivity contribution < 1.29 is 8.42 Å². The van der Waals surface area contributed by atoms with Crippen LogP contribution in [-0.4, -0.2) is 8.42 Å². The van der Waals surface area contributed by atoms with Crippen LogP contribution < -0.4 is 4.72 Å². The molecule has 1 aliphatic rings. The van der Waals surface area contributed by atoms with E-state index in [0.717, 1.165) is 36.0 Å². The zero-order valence-corrected chi connectivity index (χ0v) is 13.8. The first-order chi connectivity index (χ1) is 10.5. The third-order valence-corrected chi connectivity index (χ3v) is 5.92. The molecule has 3 nitrogen and oxygen atoms in total.